The van der Waals surface area contributed by atoms with Crippen LogP contribution in [0.15, 0.2) is 60.7 Å². The first kappa shape index (κ1) is 11.4. The minimum absolute atomic E-state index is 0.404. The number of hydrogen-bond acceptors (Lipinski definition) is 3. The van der Waals surface area contributed by atoms with E-state index in [1.54, 1.807) is 0 Å². The van der Waals surface area contributed by atoms with Crippen molar-refractivity contribution in [2.45, 2.75) is 11.4 Å². The Balaban J connectivity index is 2.00. The van der Waals surface area contributed by atoms with E-state index in [1.807, 2.05) is 60.7 Å². The van der Waals surface area contributed by atoms with Gasteiger partial charge in [0.15, 0.2) is 0 Å². The Morgan fingerprint density at radius 2 is 1.28 bits per heavy atom. The molecule has 1 aliphatic heterocycles. The van der Waals surface area contributed by atoms with E-state index >= 15 is 0 Å². The van der Waals surface area contributed by atoms with E-state index in [2.05, 4.69) is 0 Å². The van der Waals surface area contributed by atoms with Gasteiger partial charge in [-0.25, -0.2) is 0 Å². The predicted molar refractivity (Wildman–Crippen MR) is 68.4 cm³/mol. The van der Waals surface area contributed by atoms with Crippen molar-refractivity contribution in [3.05, 3.63) is 71.8 Å². The largest absolute Gasteiger partial charge is 0.278 e. The van der Waals surface area contributed by atoms with E-state index in [1.165, 1.54) is 0 Å². The smallest absolute Gasteiger partial charge is 0.260 e. The Morgan fingerprint density at radius 3 is 1.78 bits per heavy atom. The summed E-state index contributed by atoms with van der Waals surface area (Å²) in [5, 5.41) is -0.596. The van der Waals surface area contributed by atoms with Crippen LogP contribution in [0.5, 0.6) is 0 Å². The van der Waals surface area contributed by atoms with E-state index < -0.39 is 21.5 Å². The summed E-state index contributed by atoms with van der Waals surface area (Å²) in [6.45, 7) is 0. The van der Waals surface area contributed by atoms with Gasteiger partial charge in [0, 0.05) is 0 Å². The van der Waals surface area contributed by atoms with Gasteiger partial charge in [-0.2, -0.15) is 8.42 Å². The molecule has 2 atom stereocenters. The summed E-state index contributed by atoms with van der Waals surface area (Å²) in [4.78, 5) is 0. The van der Waals surface area contributed by atoms with Gasteiger partial charge in [0.05, 0.1) is 0 Å². The molecule has 1 fully saturated rings. The molecule has 2 aromatic carbocycles. The highest BCUT2D eigenvalue weighted by Crippen LogP contribution is 2.49. The summed E-state index contributed by atoms with van der Waals surface area (Å²) < 4.78 is 28.6. The van der Waals surface area contributed by atoms with Gasteiger partial charge < -0.3 is 0 Å². The van der Waals surface area contributed by atoms with E-state index in [-0.39, 0.29) is 0 Å². The van der Waals surface area contributed by atoms with Gasteiger partial charge in [-0.3, -0.25) is 4.18 Å². The van der Waals surface area contributed by atoms with E-state index in [4.69, 9.17) is 4.18 Å². The molecule has 3 nitrogen and oxygen atoms in total. The summed E-state index contributed by atoms with van der Waals surface area (Å²) in [6, 6.07) is 18.6. The van der Waals surface area contributed by atoms with Crippen molar-refractivity contribution < 1.29 is 12.6 Å². The Hall–Kier alpha value is -1.65. The third kappa shape index (κ3) is 1.83. The summed E-state index contributed by atoms with van der Waals surface area (Å²) in [6.07, 6.45) is -0.404. The topological polar surface area (TPSA) is 43.4 Å². The lowest BCUT2D eigenvalue weighted by Crippen LogP contribution is -2.36. The normalized spacial score (nSPS) is 25.3. The Morgan fingerprint density at radius 1 is 0.778 bits per heavy atom. The fraction of sp³-hybridized carbons (Fsp3) is 0.143. The molecular weight excluding hydrogens is 248 g/mol. The van der Waals surface area contributed by atoms with Crippen LogP contribution in [0.25, 0.3) is 0 Å². The van der Waals surface area contributed by atoms with Crippen molar-refractivity contribution in [2.75, 3.05) is 0 Å². The second-order valence-corrected chi connectivity index (χ2v) is 5.94. The van der Waals surface area contributed by atoms with Gasteiger partial charge in [-0.1, -0.05) is 60.7 Å². The van der Waals surface area contributed by atoms with Gasteiger partial charge in [-0.05, 0) is 11.1 Å². The Labute approximate surface area is 106 Å². The monoisotopic (exact) mass is 260 g/mol. The van der Waals surface area contributed by atoms with Crippen molar-refractivity contribution in [1.29, 1.82) is 0 Å². The van der Waals surface area contributed by atoms with Crippen molar-refractivity contribution in [3.8, 4) is 0 Å². The number of rotatable bonds is 2. The quantitative estimate of drug-likeness (QED) is 0.780. The van der Waals surface area contributed by atoms with Crippen LogP contribution < -0.4 is 0 Å². The fourth-order valence-electron chi connectivity index (χ4n) is 2.21. The van der Waals surface area contributed by atoms with Crippen LogP contribution in [-0.2, 0) is 14.3 Å². The highest BCUT2D eigenvalue weighted by Gasteiger charge is 2.49. The Bertz CT molecular complexity index is 635. The molecule has 0 bridgehead atoms. The maximum absolute atomic E-state index is 11.8. The van der Waals surface area contributed by atoms with Gasteiger partial charge in [0.2, 0.25) is 0 Å². The van der Waals surface area contributed by atoms with Crippen molar-refractivity contribution in [3.63, 3.8) is 0 Å². The molecule has 0 N–H and O–H groups in total. The molecule has 0 saturated carbocycles. The van der Waals surface area contributed by atoms with E-state index in [9.17, 15) is 8.42 Å². The van der Waals surface area contributed by atoms with Gasteiger partial charge in [-0.15, -0.1) is 0 Å². The molecule has 1 heterocycles. The molecule has 3 rings (SSSR count). The first-order chi connectivity index (χ1) is 8.68. The van der Waals surface area contributed by atoms with Crippen LogP contribution in [-0.4, -0.2) is 8.42 Å². The third-order valence-corrected chi connectivity index (χ3v) is 4.70. The zero-order chi connectivity index (χ0) is 12.6. The molecule has 4 heteroatoms. The summed E-state index contributed by atoms with van der Waals surface area (Å²) in [5.41, 5.74) is 1.67. The molecular formula is C14H12O3S. The first-order valence-electron chi connectivity index (χ1n) is 5.70. The highest BCUT2D eigenvalue weighted by atomic mass is 32.2. The van der Waals surface area contributed by atoms with Crippen LogP contribution in [0.1, 0.15) is 22.5 Å². The van der Waals surface area contributed by atoms with Crippen LogP contribution in [0.2, 0.25) is 0 Å². The summed E-state index contributed by atoms with van der Waals surface area (Å²) in [5.74, 6) is 0. The molecule has 0 amide bonds. The zero-order valence-corrected chi connectivity index (χ0v) is 10.4. The average Bonchev–Trinajstić information content (AvgIpc) is 2.38. The molecule has 1 aliphatic rings. The number of benzene rings is 2. The lowest BCUT2D eigenvalue weighted by molar-refractivity contribution is 0.140. The molecule has 18 heavy (non-hydrogen) atoms. The maximum atomic E-state index is 11.8. The third-order valence-electron chi connectivity index (χ3n) is 3.08. The second-order valence-electron chi connectivity index (χ2n) is 4.25. The zero-order valence-electron chi connectivity index (χ0n) is 9.56. The summed E-state index contributed by atoms with van der Waals surface area (Å²) in [7, 11) is -3.47. The number of hydrogen-bond donors (Lipinski definition) is 0. The van der Waals surface area contributed by atoms with E-state index in [0.717, 1.165) is 11.1 Å². The minimum Gasteiger partial charge on any atom is -0.260 e. The molecule has 2 aromatic rings. The van der Waals surface area contributed by atoms with Crippen LogP contribution in [0.3, 0.4) is 0 Å². The van der Waals surface area contributed by atoms with Crippen LogP contribution >= 0.6 is 0 Å². The van der Waals surface area contributed by atoms with Gasteiger partial charge in [0.25, 0.3) is 10.1 Å². The van der Waals surface area contributed by atoms with Gasteiger partial charge >= 0.3 is 0 Å². The average molecular weight is 260 g/mol. The molecule has 1 saturated heterocycles. The van der Waals surface area contributed by atoms with Crippen LogP contribution in [0.4, 0.5) is 0 Å². The molecule has 0 spiro atoms. The summed E-state index contributed by atoms with van der Waals surface area (Å²) >= 11 is 0. The van der Waals surface area contributed by atoms with Crippen LogP contribution in [0, 0.1) is 0 Å². The van der Waals surface area contributed by atoms with Crippen molar-refractivity contribution in [1.82, 2.24) is 0 Å². The molecule has 0 unspecified atom stereocenters. The molecule has 0 radical (unpaired) electrons. The molecule has 0 aliphatic carbocycles. The minimum atomic E-state index is -3.47. The van der Waals surface area contributed by atoms with E-state index in [0.29, 0.717) is 0 Å². The Kier molecular flexibility index (Phi) is 2.69. The standard InChI is InChI=1S/C14H12O3S/c15-18(16)14(12-9-5-2-6-10-12)13(17-18)11-7-3-1-4-8-11/h1-10,13-14H/t13-,14-/m1/s1. The molecule has 0 aromatic heterocycles. The maximum Gasteiger partial charge on any atom is 0.278 e. The predicted octanol–water partition coefficient (Wildman–Crippen LogP) is 2.83. The second kappa shape index (κ2) is 4.23. The highest BCUT2D eigenvalue weighted by molar-refractivity contribution is 7.88. The lowest BCUT2D eigenvalue weighted by atomic mass is 10.0. The fourth-order valence-corrected chi connectivity index (χ4v) is 3.67. The molecule has 92 valence electrons. The first-order valence-corrected chi connectivity index (χ1v) is 7.17. The van der Waals surface area contributed by atoms with Crippen molar-refractivity contribution >= 4 is 10.1 Å². The lowest BCUT2D eigenvalue weighted by Gasteiger charge is -2.36. The van der Waals surface area contributed by atoms with Crippen molar-refractivity contribution in [2.24, 2.45) is 0 Å². The SMILES string of the molecule is O=S1(=O)O[C@H](c2ccccc2)[C@H]1c1ccccc1. The van der Waals surface area contributed by atoms with Gasteiger partial charge in [0.1, 0.15) is 11.4 Å².